The Kier molecular flexibility index (Phi) is 6.09. The number of benzene rings is 2. The molecule has 0 spiro atoms. The smallest absolute Gasteiger partial charge is 0.319 e. The number of amides is 4. The highest BCUT2D eigenvalue weighted by atomic mass is 32.2. The van der Waals surface area contributed by atoms with Gasteiger partial charge in [0.25, 0.3) is 10.0 Å². The lowest BCUT2D eigenvalue weighted by Crippen LogP contribution is -2.39. The zero-order chi connectivity index (χ0) is 23.6. The van der Waals surface area contributed by atoms with Crippen LogP contribution in [-0.2, 0) is 19.6 Å². The average Bonchev–Trinajstić information content (AvgIpc) is 3.12. The van der Waals surface area contributed by atoms with Crippen LogP contribution in [0.5, 0.6) is 11.5 Å². The van der Waals surface area contributed by atoms with Crippen molar-refractivity contribution in [2.45, 2.75) is 24.3 Å². The minimum Gasteiger partial charge on any atom is -0.486 e. The number of ether oxygens (including phenoxy) is 2. The number of nitrogens with zero attached hydrogens (tertiary/aromatic N) is 1. The Labute approximate surface area is 190 Å². The van der Waals surface area contributed by atoms with E-state index >= 15 is 0 Å². The van der Waals surface area contributed by atoms with E-state index in [1.54, 1.807) is 23.1 Å². The van der Waals surface area contributed by atoms with Crippen LogP contribution in [0.25, 0.3) is 0 Å². The minimum atomic E-state index is -3.96. The highest BCUT2D eigenvalue weighted by Gasteiger charge is 2.32. The number of sulfonamides is 1. The molecule has 174 valence electrons. The molecule has 1 saturated heterocycles. The van der Waals surface area contributed by atoms with Crippen LogP contribution in [-0.4, -0.2) is 52.1 Å². The summed E-state index contributed by atoms with van der Waals surface area (Å²) in [5.74, 6) is 0.365. The summed E-state index contributed by atoms with van der Waals surface area (Å²) in [4.78, 5) is 37.3. The molecule has 33 heavy (non-hydrogen) atoms. The van der Waals surface area contributed by atoms with Crippen molar-refractivity contribution >= 4 is 39.2 Å². The first kappa shape index (κ1) is 22.4. The van der Waals surface area contributed by atoms with Crippen LogP contribution in [0, 0.1) is 0 Å². The monoisotopic (exact) mass is 474 g/mol. The second-order valence-electron chi connectivity index (χ2n) is 7.52. The molecule has 0 aliphatic carbocycles. The van der Waals surface area contributed by atoms with Gasteiger partial charge in [0.2, 0.25) is 11.8 Å². The lowest BCUT2D eigenvalue weighted by molar-refractivity contribution is -0.118. The fourth-order valence-corrected chi connectivity index (χ4v) is 4.56. The molecule has 4 rings (SSSR count). The standard InChI is InChI=1S/C21H22N4O7S/c1-13(26)24-33(29,30)17-5-2-14(3-6-17)22-21(28)23-15-10-20(27)25(12-15)16-4-7-18-19(11-16)32-9-8-31-18/h2-7,11,15H,8-10,12H2,1H3,(H,24,26)(H2,22,23,28). The molecule has 2 aliphatic heterocycles. The number of hydrogen-bond acceptors (Lipinski definition) is 7. The Morgan fingerprint density at radius 3 is 2.42 bits per heavy atom. The summed E-state index contributed by atoms with van der Waals surface area (Å²) in [6.07, 6.45) is 0.135. The zero-order valence-electron chi connectivity index (χ0n) is 17.7. The summed E-state index contributed by atoms with van der Waals surface area (Å²) in [6.45, 7) is 2.30. The van der Waals surface area contributed by atoms with E-state index in [4.69, 9.17) is 9.47 Å². The molecule has 1 fully saturated rings. The second kappa shape index (κ2) is 8.98. The van der Waals surface area contributed by atoms with Gasteiger partial charge in [-0.25, -0.2) is 17.9 Å². The zero-order valence-corrected chi connectivity index (χ0v) is 18.5. The van der Waals surface area contributed by atoms with Crippen molar-refractivity contribution < 1.29 is 32.3 Å². The molecule has 1 unspecified atom stereocenters. The van der Waals surface area contributed by atoms with Gasteiger partial charge in [0.05, 0.1) is 10.9 Å². The van der Waals surface area contributed by atoms with Gasteiger partial charge in [-0.15, -0.1) is 0 Å². The SMILES string of the molecule is CC(=O)NS(=O)(=O)c1ccc(NC(=O)NC2CC(=O)N(c3ccc4c(c3)OCCO4)C2)cc1. The van der Waals surface area contributed by atoms with Crippen LogP contribution in [0.1, 0.15) is 13.3 Å². The van der Waals surface area contributed by atoms with E-state index < -0.39 is 28.0 Å². The first-order valence-electron chi connectivity index (χ1n) is 10.1. The first-order valence-corrected chi connectivity index (χ1v) is 11.6. The van der Waals surface area contributed by atoms with Crippen molar-refractivity contribution in [1.29, 1.82) is 0 Å². The molecule has 11 nitrogen and oxygen atoms in total. The number of carbonyl (C=O) groups is 3. The Morgan fingerprint density at radius 2 is 1.73 bits per heavy atom. The summed E-state index contributed by atoms with van der Waals surface area (Å²) >= 11 is 0. The summed E-state index contributed by atoms with van der Waals surface area (Å²) in [7, 11) is -3.96. The van der Waals surface area contributed by atoms with Crippen LogP contribution in [0.3, 0.4) is 0 Å². The van der Waals surface area contributed by atoms with E-state index in [9.17, 15) is 22.8 Å². The number of anilines is 2. The Balaban J connectivity index is 1.35. The van der Waals surface area contributed by atoms with Gasteiger partial charge in [0.1, 0.15) is 13.2 Å². The van der Waals surface area contributed by atoms with Gasteiger partial charge in [0.15, 0.2) is 11.5 Å². The van der Waals surface area contributed by atoms with Gasteiger partial charge in [-0.2, -0.15) is 0 Å². The van der Waals surface area contributed by atoms with E-state index in [0.29, 0.717) is 42.6 Å². The van der Waals surface area contributed by atoms with E-state index in [1.807, 2.05) is 4.72 Å². The normalized spacial score (nSPS) is 17.4. The number of rotatable bonds is 5. The number of carbonyl (C=O) groups excluding carboxylic acids is 3. The second-order valence-corrected chi connectivity index (χ2v) is 9.20. The summed E-state index contributed by atoms with van der Waals surface area (Å²) < 4.78 is 36.9. The van der Waals surface area contributed by atoms with Crippen LogP contribution < -0.4 is 29.7 Å². The predicted octanol–water partition coefficient (Wildman–Crippen LogP) is 1.21. The Hall–Kier alpha value is -3.80. The van der Waals surface area contributed by atoms with E-state index in [-0.39, 0.29) is 17.2 Å². The molecule has 0 aromatic heterocycles. The largest absolute Gasteiger partial charge is 0.486 e. The van der Waals surface area contributed by atoms with Crippen LogP contribution in [0.4, 0.5) is 16.2 Å². The third kappa shape index (κ3) is 5.17. The molecule has 2 aromatic rings. The van der Waals surface area contributed by atoms with Gasteiger partial charge < -0.3 is 25.0 Å². The van der Waals surface area contributed by atoms with E-state index in [0.717, 1.165) is 6.92 Å². The van der Waals surface area contributed by atoms with Crippen molar-refractivity contribution in [2.24, 2.45) is 0 Å². The summed E-state index contributed by atoms with van der Waals surface area (Å²) in [5, 5.41) is 5.35. The fraction of sp³-hybridized carbons (Fsp3) is 0.286. The van der Waals surface area contributed by atoms with Gasteiger partial charge in [-0.1, -0.05) is 0 Å². The molecule has 2 heterocycles. The van der Waals surface area contributed by atoms with Crippen molar-refractivity contribution in [3.63, 3.8) is 0 Å². The van der Waals surface area contributed by atoms with Gasteiger partial charge in [-0.3, -0.25) is 9.59 Å². The summed E-state index contributed by atoms with van der Waals surface area (Å²) in [5.41, 5.74) is 1.01. The molecular weight excluding hydrogens is 452 g/mol. The third-order valence-electron chi connectivity index (χ3n) is 5.00. The average molecular weight is 474 g/mol. The highest BCUT2D eigenvalue weighted by molar-refractivity contribution is 7.90. The fourth-order valence-electron chi connectivity index (χ4n) is 3.57. The van der Waals surface area contributed by atoms with Crippen LogP contribution >= 0.6 is 0 Å². The molecule has 2 aromatic carbocycles. The van der Waals surface area contributed by atoms with Gasteiger partial charge >= 0.3 is 6.03 Å². The lowest BCUT2D eigenvalue weighted by Gasteiger charge is -2.22. The maximum Gasteiger partial charge on any atom is 0.319 e. The van der Waals surface area contributed by atoms with Crippen LogP contribution in [0.15, 0.2) is 47.4 Å². The van der Waals surface area contributed by atoms with Gasteiger partial charge in [0, 0.05) is 37.3 Å². The summed E-state index contributed by atoms with van der Waals surface area (Å²) in [6, 6.07) is 9.65. The molecule has 12 heteroatoms. The van der Waals surface area contributed by atoms with Crippen LogP contribution in [0.2, 0.25) is 0 Å². The molecule has 4 amide bonds. The first-order chi connectivity index (χ1) is 15.7. The number of urea groups is 1. The molecule has 0 bridgehead atoms. The molecule has 2 aliphatic rings. The number of fused-ring (bicyclic) bond motifs is 1. The molecule has 1 atom stereocenters. The van der Waals surface area contributed by atoms with Gasteiger partial charge in [-0.05, 0) is 36.4 Å². The van der Waals surface area contributed by atoms with Crippen molar-refractivity contribution in [1.82, 2.24) is 10.0 Å². The van der Waals surface area contributed by atoms with Crippen molar-refractivity contribution in [2.75, 3.05) is 30.0 Å². The maximum absolute atomic E-state index is 12.5. The van der Waals surface area contributed by atoms with E-state index in [1.165, 1.54) is 24.3 Å². The quantitative estimate of drug-likeness (QED) is 0.591. The molecular formula is C21H22N4O7S. The lowest BCUT2D eigenvalue weighted by atomic mass is 10.2. The van der Waals surface area contributed by atoms with Crippen molar-refractivity contribution in [3.8, 4) is 11.5 Å². The number of nitrogens with one attached hydrogen (secondary N) is 3. The predicted molar refractivity (Wildman–Crippen MR) is 118 cm³/mol. The van der Waals surface area contributed by atoms with Crippen molar-refractivity contribution in [3.05, 3.63) is 42.5 Å². The Morgan fingerprint density at radius 1 is 1.03 bits per heavy atom. The molecule has 0 saturated carbocycles. The highest BCUT2D eigenvalue weighted by Crippen LogP contribution is 2.35. The Bertz CT molecular complexity index is 1200. The molecule has 3 N–H and O–H groups in total. The molecule has 0 radical (unpaired) electrons. The minimum absolute atomic E-state index is 0.111. The maximum atomic E-state index is 12.5. The van der Waals surface area contributed by atoms with E-state index in [2.05, 4.69) is 10.6 Å². The topological polar surface area (TPSA) is 143 Å². The number of hydrogen-bond donors (Lipinski definition) is 3. The third-order valence-corrected chi connectivity index (χ3v) is 6.45.